The van der Waals surface area contributed by atoms with Crippen LogP contribution in [0.25, 0.3) is 0 Å². The van der Waals surface area contributed by atoms with E-state index in [1.807, 2.05) is 11.6 Å². The van der Waals surface area contributed by atoms with E-state index in [-0.39, 0.29) is 11.8 Å². The summed E-state index contributed by atoms with van der Waals surface area (Å²) in [5.74, 6) is 0.0351. The van der Waals surface area contributed by atoms with Gasteiger partial charge >= 0.3 is 0 Å². The molecule has 0 bridgehead atoms. The molecule has 1 atom stereocenters. The summed E-state index contributed by atoms with van der Waals surface area (Å²) in [5.41, 5.74) is 2.73. The van der Waals surface area contributed by atoms with Crippen molar-refractivity contribution in [3.05, 3.63) is 52.3 Å². The maximum atomic E-state index is 12.5. The molecular weight excluding hydrogens is 272 g/mol. The third-order valence-electron chi connectivity index (χ3n) is 3.44. The number of carbonyl (C=O) groups is 1. The minimum Gasteiger partial charge on any atom is -0.292 e. The summed E-state index contributed by atoms with van der Waals surface area (Å²) >= 11 is 5.95. The summed E-state index contributed by atoms with van der Waals surface area (Å²) in [7, 11) is 0. The van der Waals surface area contributed by atoms with Crippen LogP contribution < -0.4 is 0 Å². The molecule has 1 aromatic carbocycles. The van der Waals surface area contributed by atoms with Gasteiger partial charge in [0.05, 0.1) is 5.69 Å². The van der Waals surface area contributed by atoms with Gasteiger partial charge in [-0.3, -0.25) is 9.48 Å². The molecule has 0 N–H and O–H groups in total. The highest BCUT2D eigenvalue weighted by Gasteiger charge is 2.20. The summed E-state index contributed by atoms with van der Waals surface area (Å²) in [5, 5.41) is 5.11. The smallest absolute Gasteiger partial charge is 0.187 e. The number of rotatable bonds is 5. The van der Waals surface area contributed by atoms with E-state index in [0.29, 0.717) is 10.6 Å². The van der Waals surface area contributed by atoms with Gasteiger partial charge in [-0.05, 0) is 38.0 Å². The van der Waals surface area contributed by atoms with Crippen LogP contribution in [0.5, 0.6) is 0 Å². The lowest BCUT2D eigenvalue weighted by Gasteiger charge is -2.14. The molecule has 1 aromatic heterocycles. The van der Waals surface area contributed by atoms with Crippen LogP contribution in [0.3, 0.4) is 0 Å². The van der Waals surface area contributed by atoms with E-state index in [1.165, 1.54) is 0 Å². The van der Waals surface area contributed by atoms with Gasteiger partial charge < -0.3 is 0 Å². The Labute approximate surface area is 124 Å². The number of hydrogen-bond donors (Lipinski definition) is 0. The summed E-state index contributed by atoms with van der Waals surface area (Å²) in [6.45, 7) is 6.02. The molecule has 0 aliphatic rings. The first-order chi connectivity index (χ1) is 9.56. The lowest BCUT2D eigenvalue weighted by molar-refractivity contribution is 0.0926. The van der Waals surface area contributed by atoms with Crippen LogP contribution in [0.15, 0.2) is 30.3 Å². The summed E-state index contributed by atoms with van der Waals surface area (Å²) in [6.07, 6.45) is 1.73. The molecule has 0 saturated carbocycles. The van der Waals surface area contributed by atoms with E-state index < -0.39 is 0 Å². The Hall–Kier alpha value is -1.61. The number of benzene rings is 1. The number of nitrogens with zero attached hydrogens (tertiary/aromatic N) is 2. The highest BCUT2D eigenvalue weighted by atomic mass is 35.5. The molecule has 3 nitrogen and oxygen atoms in total. The quantitative estimate of drug-likeness (QED) is 0.777. The van der Waals surface area contributed by atoms with Crippen molar-refractivity contribution >= 4 is 17.4 Å². The number of aryl methyl sites for hydroxylation is 2. The molecule has 0 aliphatic carbocycles. The average molecular weight is 291 g/mol. The van der Waals surface area contributed by atoms with Gasteiger partial charge in [0, 0.05) is 16.3 Å². The minimum absolute atomic E-state index is 0.0351. The molecule has 2 rings (SSSR count). The molecule has 0 spiro atoms. The molecule has 20 heavy (non-hydrogen) atoms. The highest BCUT2D eigenvalue weighted by Crippen LogP contribution is 2.20. The van der Waals surface area contributed by atoms with Gasteiger partial charge in [-0.1, -0.05) is 37.6 Å². The predicted molar refractivity (Wildman–Crippen MR) is 81.5 cm³/mol. The molecule has 106 valence electrons. The molecule has 1 unspecified atom stereocenters. The van der Waals surface area contributed by atoms with Crippen LogP contribution in [-0.2, 0) is 12.8 Å². The van der Waals surface area contributed by atoms with Crippen molar-refractivity contribution in [3.8, 4) is 0 Å². The number of aromatic nitrogens is 2. The number of halogens is 1. The number of Topliss-reactive ketones (excluding diaryl/α,β-unsaturated/α-hetero) is 1. The second-order valence-electron chi connectivity index (χ2n) is 4.83. The zero-order chi connectivity index (χ0) is 14.7. The first kappa shape index (κ1) is 14.8. The first-order valence-electron chi connectivity index (χ1n) is 6.93. The maximum absolute atomic E-state index is 12.5. The maximum Gasteiger partial charge on any atom is 0.187 e. The predicted octanol–water partition coefficient (Wildman–Crippen LogP) is 4.11. The Bertz CT molecular complexity index is 619. The van der Waals surface area contributed by atoms with Crippen molar-refractivity contribution in [3.63, 3.8) is 0 Å². The molecule has 2 aromatic rings. The van der Waals surface area contributed by atoms with Gasteiger partial charge in [0.25, 0.3) is 0 Å². The molecule has 0 fully saturated rings. The van der Waals surface area contributed by atoms with Crippen LogP contribution in [0.2, 0.25) is 5.02 Å². The van der Waals surface area contributed by atoms with Gasteiger partial charge in [0.1, 0.15) is 6.04 Å². The minimum atomic E-state index is -0.316. The fourth-order valence-electron chi connectivity index (χ4n) is 2.26. The zero-order valence-corrected chi connectivity index (χ0v) is 12.8. The molecule has 0 amide bonds. The molecule has 0 radical (unpaired) electrons. The standard InChI is InChI=1S/C16H19ClN2O/c1-4-14-10-15(5-2)19(18-14)11(3)16(20)12-7-6-8-13(17)9-12/h6-11H,4-5H2,1-3H3. The van der Waals surface area contributed by atoms with Crippen LogP contribution in [-0.4, -0.2) is 15.6 Å². The van der Waals surface area contributed by atoms with Crippen molar-refractivity contribution in [2.75, 3.05) is 0 Å². The molecule has 0 aliphatic heterocycles. The molecule has 0 saturated heterocycles. The molecule has 4 heteroatoms. The van der Waals surface area contributed by atoms with Gasteiger partial charge in [-0.25, -0.2) is 0 Å². The Balaban J connectivity index is 2.33. The summed E-state index contributed by atoms with van der Waals surface area (Å²) in [6, 6.07) is 8.81. The van der Waals surface area contributed by atoms with E-state index >= 15 is 0 Å². The van der Waals surface area contributed by atoms with Gasteiger partial charge in [-0.15, -0.1) is 0 Å². The Morgan fingerprint density at radius 1 is 1.30 bits per heavy atom. The Kier molecular flexibility index (Phi) is 4.61. The van der Waals surface area contributed by atoms with E-state index in [1.54, 1.807) is 24.3 Å². The third-order valence-corrected chi connectivity index (χ3v) is 3.68. The van der Waals surface area contributed by atoms with Gasteiger partial charge in [0.2, 0.25) is 0 Å². The van der Waals surface area contributed by atoms with Gasteiger partial charge in [-0.2, -0.15) is 5.10 Å². The van der Waals surface area contributed by atoms with Crippen molar-refractivity contribution in [2.45, 2.75) is 39.7 Å². The molecule has 1 heterocycles. The van der Waals surface area contributed by atoms with Crippen molar-refractivity contribution in [1.82, 2.24) is 9.78 Å². The lowest BCUT2D eigenvalue weighted by Crippen LogP contribution is -2.20. The largest absolute Gasteiger partial charge is 0.292 e. The number of carbonyl (C=O) groups excluding carboxylic acids is 1. The Morgan fingerprint density at radius 2 is 2.05 bits per heavy atom. The number of ketones is 1. The van der Waals surface area contributed by atoms with E-state index in [9.17, 15) is 4.79 Å². The van der Waals surface area contributed by atoms with Crippen LogP contribution >= 0.6 is 11.6 Å². The second-order valence-corrected chi connectivity index (χ2v) is 5.27. The second kappa shape index (κ2) is 6.23. The fourth-order valence-corrected chi connectivity index (χ4v) is 2.45. The van der Waals surface area contributed by atoms with E-state index in [2.05, 4.69) is 25.0 Å². The fraction of sp³-hybridized carbons (Fsp3) is 0.375. The van der Waals surface area contributed by atoms with Crippen LogP contribution in [0.4, 0.5) is 0 Å². The average Bonchev–Trinajstić information content (AvgIpc) is 2.89. The normalized spacial score (nSPS) is 12.4. The lowest BCUT2D eigenvalue weighted by atomic mass is 10.1. The summed E-state index contributed by atoms with van der Waals surface area (Å²) in [4.78, 5) is 12.5. The van der Waals surface area contributed by atoms with Crippen LogP contribution in [0, 0.1) is 0 Å². The van der Waals surface area contributed by atoms with Crippen LogP contribution in [0.1, 0.15) is 48.6 Å². The van der Waals surface area contributed by atoms with E-state index in [4.69, 9.17) is 11.6 Å². The van der Waals surface area contributed by atoms with Gasteiger partial charge in [0.15, 0.2) is 5.78 Å². The highest BCUT2D eigenvalue weighted by molar-refractivity contribution is 6.31. The Morgan fingerprint density at radius 3 is 2.65 bits per heavy atom. The first-order valence-corrected chi connectivity index (χ1v) is 7.31. The summed E-state index contributed by atoms with van der Waals surface area (Å²) < 4.78 is 1.84. The van der Waals surface area contributed by atoms with Crippen molar-refractivity contribution < 1.29 is 4.79 Å². The third kappa shape index (κ3) is 2.93. The van der Waals surface area contributed by atoms with Crippen molar-refractivity contribution in [1.29, 1.82) is 0 Å². The SMILES string of the molecule is CCc1cc(CC)n(C(C)C(=O)c2cccc(Cl)c2)n1. The van der Waals surface area contributed by atoms with Crippen molar-refractivity contribution in [2.24, 2.45) is 0 Å². The topological polar surface area (TPSA) is 34.9 Å². The number of hydrogen-bond acceptors (Lipinski definition) is 2. The monoisotopic (exact) mass is 290 g/mol. The zero-order valence-electron chi connectivity index (χ0n) is 12.1. The van der Waals surface area contributed by atoms with E-state index in [0.717, 1.165) is 24.2 Å². The molecular formula is C16H19ClN2O.